The lowest BCUT2D eigenvalue weighted by Gasteiger charge is -2.15. The Morgan fingerprint density at radius 3 is 2.08 bits per heavy atom. The van der Waals surface area contributed by atoms with Gasteiger partial charge in [-0.25, -0.2) is 8.42 Å². The molecule has 2 N–H and O–H groups in total. The van der Waals surface area contributed by atoms with E-state index in [1.165, 1.54) is 12.1 Å². The summed E-state index contributed by atoms with van der Waals surface area (Å²) in [5.41, 5.74) is 1.68. The van der Waals surface area contributed by atoms with E-state index in [0.29, 0.717) is 0 Å². The second kappa shape index (κ2) is 9.20. The highest BCUT2D eigenvalue weighted by Crippen LogP contribution is 2.12. The van der Waals surface area contributed by atoms with Gasteiger partial charge < -0.3 is 5.11 Å². The lowest BCUT2D eigenvalue weighted by atomic mass is 10.1. The summed E-state index contributed by atoms with van der Waals surface area (Å²) in [6, 6.07) is 13.9. The molecule has 5 nitrogen and oxygen atoms in total. The fourth-order valence-electron chi connectivity index (χ4n) is 2.00. The number of carboxylic acids is 1. The van der Waals surface area contributed by atoms with Gasteiger partial charge in [-0.05, 0) is 31.0 Å². The lowest BCUT2D eigenvalue weighted by molar-refractivity contribution is -0.138. The van der Waals surface area contributed by atoms with Gasteiger partial charge in [0.2, 0.25) is 10.0 Å². The van der Waals surface area contributed by atoms with E-state index >= 15 is 0 Å². The molecule has 0 amide bonds. The van der Waals surface area contributed by atoms with Crippen molar-refractivity contribution >= 4 is 16.0 Å². The van der Waals surface area contributed by atoms with Crippen LogP contribution in [0, 0.1) is 6.92 Å². The summed E-state index contributed by atoms with van der Waals surface area (Å²) in [6.45, 7) is 5.85. The number of rotatable bonds is 6. The van der Waals surface area contributed by atoms with Gasteiger partial charge in [0, 0.05) is 0 Å². The maximum absolute atomic E-state index is 12.3. The minimum atomic E-state index is -3.87. The minimum Gasteiger partial charge on any atom is -0.480 e. The molecule has 130 valence electrons. The van der Waals surface area contributed by atoms with Gasteiger partial charge in [0.25, 0.3) is 0 Å². The van der Waals surface area contributed by atoms with Gasteiger partial charge in [-0.15, -0.1) is 0 Å². The molecule has 0 radical (unpaired) electrons. The first-order valence-electron chi connectivity index (χ1n) is 7.74. The molecule has 2 aromatic rings. The van der Waals surface area contributed by atoms with Crippen molar-refractivity contribution in [3.63, 3.8) is 0 Å². The summed E-state index contributed by atoms with van der Waals surface area (Å²) in [5, 5.41) is 9.26. The Morgan fingerprint density at radius 2 is 1.58 bits per heavy atom. The first-order chi connectivity index (χ1) is 11.4. The van der Waals surface area contributed by atoms with Crippen LogP contribution in [0.15, 0.2) is 59.5 Å². The molecule has 0 aliphatic rings. The third-order valence-electron chi connectivity index (χ3n) is 3.21. The maximum Gasteiger partial charge on any atom is 0.322 e. The van der Waals surface area contributed by atoms with Crippen LogP contribution in [0.25, 0.3) is 0 Å². The van der Waals surface area contributed by atoms with Crippen molar-refractivity contribution in [3.05, 3.63) is 65.7 Å². The number of carboxylic acid groups (broad SMARTS) is 1. The number of benzene rings is 2. The monoisotopic (exact) mass is 349 g/mol. The summed E-state index contributed by atoms with van der Waals surface area (Å²) in [5.74, 6) is -1.21. The molecular formula is C18H23NO4S. The van der Waals surface area contributed by atoms with Crippen molar-refractivity contribution in [2.24, 2.45) is 0 Å². The van der Waals surface area contributed by atoms with Crippen LogP contribution in [0.5, 0.6) is 0 Å². The van der Waals surface area contributed by atoms with Crippen LogP contribution in [0.2, 0.25) is 0 Å². The van der Waals surface area contributed by atoms with Crippen LogP contribution in [0.1, 0.15) is 25.0 Å². The third kappa shape index (κ3) is 5.79. The zero-order valence-electron chi connectivity index (χ0n) is 14.1. The van der Waals surface area contributed by atoms with Crippen LogP contribution in [-0.2, 0) is 21.2 Å². The largest absolute Gasteiger partial charge is 0.480 e. The summed E-state index contributed by atoms with van der Waals surface area (Å²) in [4.78, 5) is 11.4. The van der Waals surface area contributed by atoms with Crippen molar-refractivity contribution in [3.8, 4) is 0 Å². The van der Waals surface area contributed by atoms with Gasteiger partial charge in [0.1, 0.15) is 6.04 Å². The zero-order chi connectivity index (χ0) is 18.2. The predicted molar refractivity (Wildman–Crippen MR) is 94.4 cm³/mol. The molecule has 6 heteroatoms. The van der Waals surface area contributed by atoms with Crippen LogP contribution in [0.3, 0.4) is 0 Å². The highest BCUT2D eigenvalue weighted by atomic mass is 32.2. The Bertz CT molecular complexity index is 740. The molecule has 0 fully saturated rings. The molecule has 0 aliphatic carbocycles. The molecule has 0 spiro atoms. The fourth-order valence-corrected chi connectivity index (χ4v) is 3.19. The van der Waals surface area contributed by atoms with E-state index in [-0.39, 0.29) is 11.3 Å². The number of nitrogens with one attached hydrogen (secondary N) is 1. The average Bonchev–Trinajstić information content (AvgIpc) is 2.57. The smallest absolute Gasteiger partial charge is 0.322 e. The van der Waals surface area contributed by atoms with Crippen LogP contribution >= 0.6 is 0 Å². The molecule has 0 aliphatic heterocycles. The van der Waals surface area contributed by atoms with Gasteiger partial charge >= 0.3 is 5.97 Å². The Labute approximate surface area is 143 Å². The zero-order valence-corrected chi connectivity index (χ0v) is 14.9. The second-order valence-electron chi connectivity index (χ2n) is 5.01. The first kappa shape index (κ1) is 19.9. The van der Waals surface area contributed by atoms with Crippen LogP contribution in [0.4, 0.5) is 0 Å². The number of carbonyl (C=O) groups is 1. The first-order valence-corrected chi connectivity index (χ1v) is 9.22. The summed E-state index contributed by atoms with van der Waals surface area (Å²) >= 11 is 0. The maximum atomic E-state index is 12.3. The summed E-state index contributed by atoms with van der Waals surface area (Å²) in [7, 11) is -3.87. The van der Waals surface area contributed by atoms with E-state index in [2.05, 4.69) is 4.72 Å². The lowest BCUT2D eigenvalue weighted by Crippen LogP contribution is -2.42. The number of aryl methyl sites for hydroxylation is 1. The Hall–Kier alpha value is -2.18. The van der Waals surface area contributed by atoms with Crippen molar-refractivity contribution < 1.29 is 18.3 Å². The Morgan fingerprint density at radius 1 is 1.04 bits per heavy atom. The van der Waals surface area contributed by atoms with Gasteiger partial charge in [0.15, 0.2) is 0 Å². The van der Waals surface area contributed by atoms with E-state index in [4.69, 9.17) is 0 Å². The Balaban J connectivity index is 0.00000139. The molecule has 24 heavy (non-hydrogen) atoms. The molecule has 0 saturated carbocycles. The standard InChI is InChI=1S/C16H17NO4S.C2H6/c1-12-7-9-14(10-8-12)22(20,21)17-15(16(18)19)11-13-5-3-2-4-6-13;1-2/h2-10,15,17H,11H2,1H3,(H,18,19);1-2H3/t15-;/m0./s1. The van der Waals surface area contributed by atoms with Crippen molar-refractivity contribution in [1.82, 2.24) is 4.72 Å². The predicted octanol–water partition coefficient (Wildman–Crippen LogP) is 3.00. The molecule has 2 rings (SSSR count). The van der Waals surface area contributed by atoms with E-state index in [1.807, 2.05) is 26.8 Å². The van der Waals surface area contributed by atoms with Crippen LogP contribution < -0.4 is 4.72 Å². The Kier molecular flexibility index (Phi) is 7.61. The molecule has 0 bridgehead atoms. The molecule has 0 heterocycles. The van der Waals surface area contributed by atoms with Gasteiger partial charge in [0.05, 0.1) is 4.90 Å². The number of aliphatic carboxylic acids is 1. The van der Waals surface area contributed by atoms with E-state index in [1.54, 1.807) is 36.4 Å². The quantitative estimate of drug-likeness (QED) is 0.840. The van der Waals surface area contributed by atoms with Crippen molar-refractivity contribution in [2.45, 2.75) is 38.1 Å². The van der Waals surface area contributed by atoms with E-state index < -0.39 is 22.0 Å². The molecule has 1 atom stereocenters. The molecule has 0 saturated heterocycles. The van der Waals surface area contributed by atoms with Gasteiger partial charge in [-0.3, -0.25) is 4.79 Å². The summed E-state index contributed by atoms with van der Waals surface area (Å²) < 4.78 is 26.8. The highest BCUT2D eigenvalue weighted by molar-refractivity contribution is 7.89. The van der Waals surface area contributed by atoms with Crippen molar-refractivity contribution in [2.75, 3.05) is 0 Å². The number of hydrogen-bond acceptors (Lipinski definition) is 3. The molecule has 2 aromatic carbocycles. The molecule has 0 unspecified atom stereocenters. The topological polar surface area (TPSA) is 83.5 Å². The molecular weight excluding hydrogens is 326 g/mol. The van der Waals surface area contributed by atoms with Gasteiger partial charge in [-0.2, -0.15) is 4.72 Å². The van der Waals surface area contributed by atoms with Crippen LogP contribution in [-0.4, -0.2) is 25.5 Å². The number of hydrogen-bond donors (Lipinski definition) is 2. The summed E-state index contributed by atoms with van der Waals surface area (Å²) in [6.07, 6.45) is 0.0846. The average molecular weight is 349 g/mol. The highest BCUT2D eigenvalue weighted by Gasteiger charge is 2.25. The van der Waals surface area contributed by atoms with Gasteiger partial charge in [-0.1, -0.05) is 61.9 Å². The fraction of sp³-hybridized carbons (Fsp3) is 0.278. The van der Waals surface area contributed by atoms with Crippen molar-refractivity contribution in [1.29, 1.82) is 0 Å². The van der Waals surface area contributed by atoms with E-state index in [0.717, 1.165) is 11.1 Å². The normalized spacial score (nSPS) is 12.0. The molecule has 0 aromatic heterocycles. The number of sulfonamides is 1. The minimum absolute atomic E-state index is 0.0532. The third-order valence-corrected chi connectivity index (χ3v) is 4.70. The van der Waals surface area contributed by atoms with E-state index in [9.17, 15) is 18.3 Å². The SMILES string of the molecule is CC.Cc1ccc(S(=O)(=O)N[C@@H](Cc2ccccc2)C(=O)O)cc1. The second-order valence-corrected chi connectivity index (χ2v) is 6.73.